The molecule has 5 heterocycles. The largest absolute Gasteiger partial charge is 0.455 e. The van der Waals surface area contributed by atoms with Gasteiger partial charge in [-0.2, -0.15) is 5.10 Å². The molecular weight excluding hydrogens is 444 g/mol. The summed E-state index contributed by atoms with van der Waals surface area (Å²) in [6.07, 6.45) is 6.33. The van der Waals surface area contributed by atoms with Crippen molar-refractivity contribution in [1.82, 2.24) is 29.7 Å². The van der Waals surface area contributed by atoms with Crippen molar-refractivity contribution in [2.45, 2.75) is 19.3 Å². The highest BCUT2D eigenvalue weighted by atomic mass is 19.3. The van der Waals surface area contributed by atoms with E-state index in [-0.39, 0.29) is 24.5 Å². The van der Waals surface area contributed by atoms with Gasteiger partial charge in [0.15, 0.2) is 0 Å². The number of hydrogen-bond acceptors (Lipinski definition) is 7. The van der Waals surface area contributed by atoms with Crippen LogP contribution >= 0.6 is 0 Å². The molecule has 1 aliphatic heterocycles. The molecule has 0 saturated carbocycles. The molecule has 0 aromatic carbocycles. The van der Waals surface area contributed by atoms with Gasteiger partial charge in [0.25, 0.3) is 11.5 Å². The molecule has 0 spiro atoms. The fourth-order valence-corrected chi connectivity index (χ4v) is 3.76. The quantitative estimate of drug-likeness (QED) is 0.481. The molecule has 5 rings (SSSR count). The molecule has 1 fully saturated rings. The van der Waals surface area contributed by atoms with Crippen molar-refractivity contribution < 1.29 is 13.5 Å². The summed E-state index contributed by atoms with van der Waals surface area (Å²) in [4.78, 5) is 29.6. The van der Waals surface area contributed by atoms with E-state index >= 15 is 0 Å². The van der Waals surface area contributed by atoms with Crippen molar-refractivity contribution >= 4 is 5.95 Å². The Bertz CT molecular complexity index is 1420. The number of rotatable bonds is 5. The van der Waals surface area contributed by atoms with E-state index in [1.165, 1.54) is 11.1 Å². The Labute approximate surface area is 193 Å². The van der Waals surface area contributed by atoms with Gasteiger partial charge in [0.2, 0.25) is 5.95 Å². The Morgan fingerprint density at radius 2 is 2.00 bits per heavy atom. The Morgan fingerprint density at radius 3 is 2.68 bits per heavy atom. The maximum Gasteiger partial charge on any atom is 0.267 e. The first-order valence-corrected chi connectivity index (χ1v) is 10.6. The molecule has 0 aliphatic carbocycles. The summed E-state index contributed by atoms with van der Waals surface area (Å²) >= 11 is 0. The first-order valence-electron chi connectivity index (χ1n) is 10.6. The predicted octanol–water partition coefficient (Wildman–Crippen LogP) is 3.57. The van der Waals surface area contributed by atoms with Gasteiger partial charge < -0.3 is 9.64 Å². The number of aromatic amines is 1. The molecule has 0 unspecified atom stereocenters. The van der Waals surface area contributed by atoms with Crippen LogP contribution in [0.15, 0.2) is 53.8 Å². The lowest BCUT2D eigenvalue weighted by Crippen LogP contribution is -2.28. The van der Waals surface area contributed by atoms with Crippen LogP contribution in [0.4, 0.5) is 14.7 Å². The molecule has 11 heteroatoms. The number of hydrogen-bond donors (Lipinski definition) is 1. The van der Waals surface area contributed by atoms with Crippen molar-refractivity contribution in [3.8, 4) is 34.0 Å². The summed E-state index contributed by atoms with van der Waals surface area (Å²) in [7, 11) is 1.83. The van der Waals surface area contributed by atoms with Crippen LogP contribution in [-0.2, 0) is 7.05 Å². The third-order valence-electron chi connectivity index (χ3n) is 5.53. The summed E-state index contributed by atoms with van der Waals surface area (Å²) in [5.74, 6) is -1.55. The number of aryl methyl sites for hydroxylation is 2. The normalized spacial score (nSPS) is 15.0. The maximum absolute atomic E-state index is 13.5. The highest BCUT2D eigenvalue weighted by Crippen LogP contribution is 2.30. The van der Waals surface area contributed by atoms with Crippen LogP contribution in [0, 0.1) is 6.92 Å². The first kappa shape index (κ1) is 21.7. The Morgan fingerprint density at radius 1 is 1.15 bits per heavy atom. The van der Waals surface area contributed by atoms with E-state index in [9.17, 15) is 13.6 Å². The van der Waals surface area contributed by atoms with Crippen molar-refractivity contribution in [2.75, 3.05) is 18.0 Å². The molecule has 9 nitrogen and oxygen atoms in total. The smallest absolute Gasteiger partial charge is 0.267 e. The van der Waals surface area contributed by atoms with E-state index in [4.69, 9.17) is 4.74 Å². The molecule has 1 saturated heterocycles. The molecule has 0 bridgehead atoms. The molecule has 34 heavy (non-hydrogen) atoms. The number of nitrogens with zero attached hydrogens (tertiary/aromatic N) is 6. The Hall–Kier alpha value is -4.15. The number of halogens is 2. The second-order valence-electron chi connectivity index (χ2n) is 8.14. The molecule has 1 aliphatic rings. The van der Waals surface area contributed by atoms with E-state index in [0.717, 1.165) is 11.3 Å². The van der Waals surface area contributed by atoms with E-state index in [1.54, 1.807) is 48.3 Å². The minimum Gasteiger partial charge on any atom is -0.455 e. The highest BCUT2D eigenvalue weighted by molar-refractivity contribution is 5.60. The molecular formula is C23H21F2N7O2. The van der Waals surface area contributed by atoms with Crippen molar-refractivity contribution in [1.29, 1.82) is 0 Å². The van der Waals surface area contributed by atoms with Gasteiger partial charge in [-0.05, 0) is 25.1 Å². The number of aromatic nitrogens is 6. The molecule has 0 amide bonds. The van der Waals surface area contributed by atoms with Gasteiger partial charge in [0, 0.05) is 50.2 Å². The van der Waals surface area contributed by atoms with E-state index in [1.807, 2.05) is 13.2 Å². The SMILES string of the molecule is Cc1nc(-c2cnc(N3CCC(F)(F)C3)[nH]c2=O)ccc1Oc1ccnc(-c2cnn(C)c2)c1. The lowest BCUT2D eigenvalue weighted by atomic mass is 10.2. The topological polar surface area (TPSA) is 102 Å². The molecule has 0 atom stereocenters. The molecule has 0 radical (unpaired) electrons. The third-order valence-corrected chi connectivity index (χ3v) is 5.53. The summed E-state index contributed by atoms with van der Waals surface area (Å²) in [5.41, 5.74) is 2.36. The first-order chi connectivity index (χ1) is 16.3. The zero-order valence-electron chi connectivity index (χ0n) is 18.5. The zero-order chi connectivity index (χ0) is 23.9. The van der Waals surface area contributed by atoms with E-state index < -0.39 is 18.0 Å². The van der Waals surface area contributed by atoms with Gasteiger partial charge in [-0.25, -0.2) is 18.7 Å². The van der Waals surface area contributed by atoms with Gasteiger partial charge in [-0.15, -0.1) is 0 Å². The van der Waals surface area contributed by atoms with Gasteiger partial charge in [0.1, 0.15) is 11.5 Å². The van der Waals surface area contributed by atoms with Crippen molar-refractivity contribution in [3.05, 3.63) is 65.1 Å². The van der Waals surface area contributed by atoms with Crippen molar-refractivity contribution in [3.63, 3.8) is 0 Å². The average molecular weight is 465 g/mol. The zero-order valence-corrected chi connectivity index (χ0v) is 18.5. The monoisotopic (exact) mass is 465 g/mol. The Kier molecular flexibility index (Phi) is 5.31. The number of pyridine rings is 2. The van der Waals surface area contributed by atoms with Gasteiger partial charge >= 0.3 is 0 Å². The number of alkyl halides is 2. The van der Waals surface area contributed by atoms with Crippen LogP contribution < -0.4 is 15.2 Å². The molecule has 174 valence electrons. The molecule has 4 aromatic heterocycles. The summed E-state index contributed by atoms with van der Waals surface area (Å²) < 4.78 is 34.7. The summed E-state index contributed by atoms with van der Waals surface area (Å²) in [6.45, 7) is 1.44. The Balaban J connectivity index is 1.36. The van der Waals surface area contributed by atoms with Gasteiger partial charge in [-0.3, -0.25) is 19.4 Å². The van der Waals surface area contributed by atoms with Crippen LogP contribution in [0.3, 0.4) is 0 Å². The highest BCUT2D eigenvalue weighted by Gasteiger charge is 2.39. The van der Waals surface area contributed by atoms with Crippen molar-refractivity contribution in [2.24, 2.45) is 7.05 Å². The number of ether oxygens (including phenoxy) is 1. The fourth-order valence-electron chi connectivity index (χ4n) is 3.76. The lowest BCUT2D eigenvalue weighted by Gasteiger charge is -2.16. The second kappa shape index (κ2) is 8.32. The number of H-pyrrole nitrogens is 1. The maximum atomic E-state index is 13.5. The molecule has 1 N–H and O–H groups in total. The minimum atomic E-state index is -2.78. The number of anilines is 1. The van der Waals surface area contributed by atoms with Gasteiger partial charge in [0.05, 0.1) is 35.4 Å². The third kappa shape index (κ3) is 4.36. The summed E-state index contributed by atoms with van der Waals surface area (Å²) in [6, 6.07) is 6.92. The van der Waals surface area contributed by atoms with E-state index in [2.05, 4.69) is 25.0 Å². The van der Waals surface area contributed by atoms with Crippen LogP contribution in [0.25, 0.3) is 22.5 Å². The lowest BCUT2D eigenvalue weighted by molar-refractivity contribution is 0.0256. The standard InChI is InChI=1S/C23H21F2N7O2/c1-14-20(34-16-5-7-26-19(9-16)15-10-28-31(2)12-15)4-3-18(29-14)17-11-27-22(30-21(17)33)32-8-6-23(24,25)13-32/h3-5,7,9-12H,6,8,13H2,1-2H3,(H,27,30,33). The average Bonchev–Trinajstić information content (AvgIpc) is 3.40. The number of nitrogens with one attached hydrogen (secondary N) is 1. The minimum absolute atomic E-state index is 0.129. The predicted molar refractivity (Wildman–Crippen MR) is 121 cm³/mol. The fraction of sp³-hybridized carbons (Fsp3) is 0.261. The van der Waals surface area contributed by atoms with Crippen LogP contribution in [0.5, 0.6) is 11.5 Å². The van der Waals surface area contributed by atoms with E-state index in [0.29, 0.717) is 22.9 Å². The molecule has 4 aromatic rings. The summed E-state index contributed by atoms with van der Waals surface area (Å²) in [5, 5.41) is 4.16. The van der Waals surface area contributed by atoms with Gasteiger partial charge in [-0.1, -0.05) is 0 Å². The second-order valence-corrected chi connectivity index (χ2v) is 8.14. The van der Waals surface area contributed by atoms with Crippen LogP contribution in [0.1, 0.15) is 12.1 Å². The van der Waals surface area contributed by atoms with Crippen LogP contribution in [0.2, 0.25) is 0 Å². The van der Waals surface area contributed by atoms with Crippen LogP contribution in [-0.4, -0.2) is 48.7 Å².